The van der Waals surface area contributed by atoms with Crippen molar-refractivity contribution in [3.8, 4) is 0 Å². The highest BCUT2D eigenvalue weighted by Gasteiger charge is 2.66. The summed E-state index contributed by atoms with van der Waals surface area (Å²) >= 11 is 0. The molecule has 0 N–H and O–H groups in total. The molecule has 1 spiro atoms. The first-order chi connectivity index (χ1) is 11.6. The second kappa shape index (κ2) is 5.31. The molecule has 2 radical (unpaired) electrons. The molecule has 0 aliphatic carbocycles. The number of ketones is 1. The fourth-order valence-electron chi connectivity index (χ4n) is 5.39. The van der Waals surface area contributed by atoms with Crippen LogP contribution in [0.3, 0.4) is 0 Å². The van der Waals surface area contributed by atoms with Crippen LogP contribution >= 0.6 is 0 Å². The Morgan fingerprint density at radius 2 is 1.38 bits per heavy atom. The Labute approximate surface area is 156 Å². The molecule has 3 heterocycles. The van der Waals surface area contributed by atoms with E-state index in [0.29, 0.717) is 19.3 Å². The highest BCUT2D eigenvalue weighted by molar-refractivity contribution is 5.91. The van der Waals surface area contributed by atoms with Crippen molar-refractivity contribution in [2.75, 3.05) is 0 Å². The molecule has 3 aliphatic heterocycles. The summed E-state index contributed by atoms with van der Waals surface area (Å²) in [5, 5.41) is 28.1. The summed E-state index contributed by atoms with van der Waals surface area (Å²) in [6, 6.07) is 0. The highest BCUT2D eigenvalue weighted by atomic mass is 16.5. The number of rotatable bonds is 0. The zero-order valence-corrected chi connectivity index (χ0v) is 17.4. The van der Waals surface area contributed by atoms with Gasteiger partial charge in [0.2, 0.25) is 0 Å². The summed E-state index contributed by atoms with van der Waals surface area (Å²) < 4.78 is 6.45. The van der Waals surface area contributed by atoms with Crippen molar-refractivity contribution in [2.24, 2.45) is 0 Å². The smallest absolute Gasteiger partial charge is 0.186 e. The molecular formula is C20H32N2O4. The van der Waals surface area contributed by atoms with Gasteiger partial charge in [-0.2, -0.15) is 0 Å². The molecule has 6 nitrogen and oxygen atoms in total. The van der Waals surface area contributed by atoms with Gasteiger partial charge in [0.05, 0.1) is 22.2 Å². The van der Waals surface area contributed by atoms with E-state index in [1.54, 1.807) is 0 Å². The number of hydrogen-bond donors (Lipinski definition) is 0. The third kappa shape index (κ3) is 2.35. The van der Waals surface area contributed by atoms with Gasteiger partial charge in [0.1, 0.15) is 5.76 Å². The Morgan fingerprint density at radius 1 is 0.846 bits per heavy atom. The van der Waals surface area contributed by atoms with Gasteiger partial charge in [-0.25, -0.2) is 0 Å². The van der Waals surface area contributed by atoms with Crippen LogP contribution < -0.4 is 0 Å². The number of carbonyl (C=O) groups excluding carboxylic acids is 1. The van der Waals surface area contributed by atoms with Gasteiger partial charge in [0, 0.05) is 19.3 Å². The van der Waals surface area contributed by atoms with Crippen LogP contribution in [0.1, 0.15) is 81.1 Å². The Balaban J connectivity index is 2.08. The van der Waals surface area contributed by atoms with E-state index in [1.807, 2.05) is 55.4 Å². The van der Waals surface area contributed by atoms with E-state index >= 15 is 0 Å². The van der Waals surface area contributed by atoms with E-state index in [4.69, 9.17) is 4.74 Å². The van der Waals surface area contributed by atoms with Crippen molar-refractivity contribution in [3.05, 3.63) is 11.3 Å². The predicted molar refractivity (Wildman–Crippen MR) is 95.7 cm³/mol. The van der Waals surface area contributed by atoms with Crippen LogP contribution in [-0.2, 0) is 19.9 Å². The number of carbonyl (C=O) groups is 1. The van der Waals surface area contributed by atoms with Crippen molar-refractivity contribution in [2.45, 2.75) is 109 Å². The average molecular weight is 364 g/mol. The maximum absolute atomic E-state index is 13.2. The van der Waals surface area contributed by atoms with Crippen molar-refractivity contribution in [3.63, 3.8) is 0 Å². The first-order valence-corrected chi connectivity index (χ1v) is 9.49. The van der Waals surface area contributed by atoms with Gasteiger partial charge in [-0.1, -0.05) is 0 Å². The maximum atomic E-state index is 13.2. The molecule has 1 unspecified atom stereocenters. The molecule has 0 aromatic rings. The van der Waals surface area contributed by atoms with Crippen LogP contribution in [0.2, 0.25) is 0 Å². The lowest BCUT2D eigenvalue weighted by molar-refractivity contribution is -0.325. The van der Waals surface area contributed by atoms with Crippen molar-refractivity contribution >= 4 is 5.78 Å². The first-order valence-electron chi connectivity index (χ1n) is 9.49. The van der Waals surface area contributed by atoms with Gasteiger partial charge < -0.3 is 4.74 Å². The van der Waals surface area contributed by atoms with Gasteiger partial charge in [0.15, 0.2) is 11.4 Å². The van der Waals surface area contributed by atoms with Crippen LogP contribution in [-0.4, -0.2) is 43.7 Å². The Hall–Kier alpha value is -0.950. The number of nitrogens with zero attached hydrogens (tertiary/aromatic N) is 2. The van der Waals surface area contributed by atoms with E-state index < -0.39 is 27.8 Å². The number of hydroxylamine groups is 4. The fourth-order valence-corrected chi connectivity index (χ4v) is 5.39. The second-order valence-electron chi connectivity index (χ2n) is 10.4. The van der Waals surface area contributed by atoms with Crippen LogP contribution in [0, 0.1) is 0 Å². The number of piperidine rings is 1. The number of Topliss-reactive ketones (excluding diaryl/α,β-unsaturated/α-hetero) is 1. The third-order valence-electron chi connectivity index (χ3n) is 6.84. The van der Waals surface area contributed by atoms with Gasteiger partial charge in [0.25, 0.3) is 0 Å². The molecule has 1 atom stereocenters. The van der Waals surface area contributed by atoms with E-state index in [9.17, 15) is 15.2 Å². The molecular weight excluding hydrogens is 332 g/mol. The van der Waals surface area contributed by atoms with Crippen molar-refractivity contribution in [1.82, 2.24) is 10.1 Å². The summed E-state index contributed by atoms with van der Waals surface area (Å²) in [7, 11) is 0. The topological polar surface area (TPSA) is 72.6 Å². The largest absolute Gasteiger partial charge is 0.482 e. The number of hydrogen-bond acceptors (Lipinski definition) is 4. The molecule has 0 aromatic heterocycles. The summed E-state index contributed by atoms with van der Waals surface area (Å²) in [5.74, 6) is 0.721. The lowest BCUT2D eigenvalue weighted by Gasteiger charge is -2.60. The summed E-state index contributed by atoms with van der Waals surface area (Å²) in [4.78, 5) is 13.2. The van der Waals surface area contributed by atoms with Gasteiger partial charge in [-0.15, -0.1) is 20.5 Å². The van der Waals surface area contributed by atoms with Gasteiger partial charge >= 0.3 is 0 Å². The van der Waals surface area contributed by atoms with Crippen LogP contribution in [0.5, 0.6) is 0 Å². The molecule has 26 heavy (non-hydrogen) atoms. The van der Waals surface area contributed by atoms with Crippen molar-refractivity contribution in [1.29, 1.82) is 0 Å². The minimum absolute atomic E-state index is 0.00804. The Bertz CT molecular complexity index is 677. The molecule has 3 rings (SSSR count). The predicted octanol–water partition coefficient (Wildman–Crippen LogP) is 3.58. The summed E-state index contributed by atoms with van der Waals surface area (Å²) in [6.07, 6.45) is 1.65. The van der Waals surface area contributed by atoms with Gasteiger partial charge in [-0.05, 0) is 67.4 Å². The van der Waals surface area contributed by atoms with E-state index in [1.165, 1.54) is 0 Å². The summed E-state index contributed by atoms with van der Waals surface area (Å²) in [6.45, 7) is 14.8. The standard InChI is InChI=1S/C20H32N2O4/c1-16(2)11-14-13(18(5,6)21(16)24)9-10-20(26-14)15(23)12-17(3,4)22(25)19(20,7)8/h9-12H2,1-8H3. The summed E-state index contributed by atoms with van der Waals surface area (Å²) in [5.41, 5.74) is -3.23. The molecule has 0 amide bonds. The van der Waals surface area contributed by atoms with Crippen LogP contribution in [0.4, 0.5) is 0 Å². The van der Waals surface area contributed by atoms with Gasteiger partial charge in [-0.3, -0.25) is 4.79 Å². The van der Waals surface area contributed by atoms with E-state index in [-0.39, 0.29) is 12.2 Å². The Morgan fingerprint density at radius 3 is 1.96 bits per heavy atom. The molecule has 1 saturated heterocycles. The zero-order valence-electron chi connectivity index (χ0n) is 17.4. The fraction of sp³-hybridized carbons (Fsp3) is 0.850. The minimum Gasteiger partial charge on any atom is -0.482 e. The third-order valence-corrected chi connectivity index (χ3v) is 6.84. The Kier molecular flexibility index (Phi) is 4.04. The van der Waals surface area contributed by atoms with Crippen LogP contribution in [0.15, 0.2) is 11.3 Å². The average Bonchev–Trinajstić information content (AvgIpc) is 2.49. The van der Waals surface area contributed by atoms with E-state index in [2.05, 4.69) is 0 Å². The lowest BCUT2D eigenvalue weighted by Crippen LogP contribution is -2.74. The lowest BCUT2D eigenvalue weighted by atomic mass is 9.64. The molecule has 1 fully saturated rings. The minimum atomic E-state index is -1.15. The molecule has 0 bridgehead atoms. The van der Waals surface area contributed by atoms with Crippen LogP contribution in [0.25, 0.3) is 0 Å². The molecule has 146 valence electrons. The van der Waals surface area contributed by atoms with Crippen molar-refractivity contribution < 1.29 is 19.9 Å². The second-order valence-corrected chi connectivity index (χ2v) is 10.4. The van der Waals surface area contributed by atoms with E-state index in [0.717, 1.165) is 21.5 Å². The SMILES string of the molecule is CC1(C)CC2=C(CCC3(O2)C(=O)CC(C)(C)N([O])C3(C)C)C(C)(C)N1[O]. The molecule has 0 aromatic carbocycles. The molecule has 0 saturated carbocycles. The number of ether oxygens (including phenoxy) is 1. The monoisotopic (exact) mass is 364 g/mol. The zero-order chi connectivity index (χ0) is 19.9. The highest BCUT2D eigenvalue weighted by Crippen LogP contribution is 2.54. The quantitative estimate of drug-likeness (QED) is 0.659. The first kappa shape index (κ1) is 19.8. The molecule has 6 heteroatoms. The maximum Gasteiger partial charge on any atom is 0.186 e. The molecule has 3 aliphatic rings. The normalized spacial score (nSPS) is 36.0.